The number of aromatic nitrogens is 2. The maximum Gasteiger partial charge on any atom is 0.255 e. The van der Waals surface area contributed by atoms with E-state index in [1.165, 1.54) is 0 Å². The van der Waals surface area contributed by atoms with E-state index < -0.39 is 0 Å². The Morgan fingerprint density at radius 2 is 1.81 bits per heavy atom. The number of ether oxygens (including phenoxy) is 1. The Morgan fingerprint density at radius 3 is 2.53 bits per heavy atom. The number of carbonyl (C=O) groups is 2. The van der Waals surface area contributed by atoms with Crippen LogP contribution in [0.2, 0.25) is 5.02 Å². The predicted octanol–water partition coefficient (Wildman–Crippen LogP) is 5.71. The lowest BCUT2D eigenvalue weighted by molar-refractivity contribution is -0.119. The molecule has 0 unspecified atom stereocenters. The summed E-state index contributed by atoms with van der Waals surface area (Å²) in [7, 11) is 1.57. The molecule has 1 aromatic heterocycles. The molecule has 0 spiro atoms. The molecular formula is C28H25ClN4O3. The van der Waals surface area contributed by atoms with E-state index in [4.69, 9.17) is 21.4 Å². The summed E-state index contributed by atoms with van der Waals surface area (Å²) in [5.41, 5.74) is 4.80. The Labute approximate surface area is 214 Å². The zero-order valence-corrected chi connectivity index (χ0v) is 20.7. The maximum atomic E-state index is 12.8. The Bertz CT molecular complexity index is 1430. The van der Waals surface area contributed by atoms with Crippen LogP contribution in [0, 0.1) is 6.92 Å². The SMILES string of the molecule is COc1ccc(C)cc1NC(=O)c1ccc(CN2C(=O)CCn3nc(-c4ccc(Cl)cc4)cc32)cc1. The van der Waals surface area contributed by atoms with Crippen molar-refractivity contribution in [2.24, 2.45) is 0 Å². The number of aryl methyl sites for hydroxylation is 2. The number of nitrogens with one attached hydrogen (secondary N) is 1. The van der Waals surface area contributed by atoms with Gasteiger partial charge in [0.05, 0.1) is 31.6 Å². The molecule has 0 atom stereocenters. The zero-order chi connectivity index (χ0) is 25.2. The second-order valence-corrected chi connectivity index (χ2v) is 9.14. The van der Waals surface area contributed by atoms with Gasteiger partial charge >= 0.3 is 0 Å². The van der Waals surface area contributed by atoms with E-state index in [1.54, 1.807) is 24.1 Å². The lowest BCUT2D eigenvalue weighted by atomic mass is 10.1. The summed E-state index contributed by atoms with van der Waals surface area (Å²) in [5, 5.41) is 8.27. The van der Waals surface area contributed by atoms with Gasteiger partial charge < -0.3 is 10.1 Å². The Balaban J connectivity index is 1.33. The summed E-state index contributed by atoms with van der Waals surface area (Å²) in [4.78, 5) is 27.4. The van der Waals surface area contributed by atoms with Gasteiger partial charge in [-0.3, -0.25) is 14.5 Å². The molecule has 0 fully saturated rings. The van der Waals surface area contributed by atoms with Crippen LogP contribution in [0.5, 0.6) is 5.75 Å². The molecule has 8 heteroatoms. The second kappa shape index (κ2) is 9.87. The minimum Gasteiger partial charge on any atom is -0.495 e. The molecule has 3 aromatic carbocycles. The average Bonchev–Trinajstić information content (AvgIpc) is 3.31. The van der Waals surface area contributed by atoms with Gasteiger partial charge in [0.1, 0.15) is 11.6 Å². The molecule has 0 radical (unpaired) electrons. The molecule has 36 heavy (non-hydrogen) atoms. The van der Waals surface area contributed by atoms with Gasteiger partial charge in [0.2, 0.25) is 5.91 Å². The van der Waals surface area contributed by atoms with E-state index >= 15 is 0 Å². The van der Waals surface area contributed by atoms with Crippen molar-refractivity contribution >= 4 is 34.9 Å². The molecule has 2 heterocycles. The van der Waals surface area contributed by atoms with Crippen molar-refractivity contribution in [2.45, 2.75) is 26.4 Å². The van der Waals surface area contributed by atoms with Gasteiger partial charge in [-0.15, -0.1) is 0 Å². The van der Waals surface area contributed by atoms with Crippen LogP contribution in [0.15, 0.2) is 72.8 Å². The molecule has 5 rings (SSSR count). The van der Waals surface area contributed by atoms with Gasteiger partial charge in [0, 0.05) is 28.6 Å². The lowest BCUT2D eigenvalue weighted by Gasteiger charge is -2.27. The van der Waals surface area contributed by atoms with Gasteiger partial charge in [0.15, 0.2) is 0 Å². The Morgan fingerprint density at radius 1 is 1.06 bits per heavy atom. The highest BCUT2D eigenvalue weighted by atomic mass is 35.5. The molecule has 0 bridgehead atoms. The number of rotatable bonds is 6. The lowest BCUT2D eigenvalue weighted by Crippen LogP contribution is -2.36. The standard InChI is InChI=1S/C28H25ClN4O3/c1-18-3-12-25(36-2)24(15-18)30-28(35)21-6-4-19(5-7-21)17-32-26-16-23(20-8-10-22(29)11-9-20)31-33(26)14-13-27(32)34/h3-12,15-16H,13-14,17H2,1-2H3,(H,30,35). The molecular weight excluding hydrogens is 476 g/mol. The first-order valence-corrected chi connectivity index (χ1v) is 12.0. The molecule has 2 amide bonds. The number of nitrogens with zero attached hydrogens (tertiary/aromatic N) is 3. The molecule has 0 aliphatic carbocycles. The summed E-state index contributed by atoms with van der Waals surface area (Å²) in [6, 6.07) is 22.3. The number of carbonyl (C=O) groups excluding carboxylic acids is 2. The molecule has 1 aliphatic rings. The third-order valence-electron chi connectivity index (χ3n) is 6.17. The van der Waals surface area contributed by atoms with Crippen LogP contribution in [-0.2, 0) is 17.9 Å². The van der Waals surface area contributed by atoms with Crippen LogP contribution >= 0.6 is 11.6 Å². The molecule has 0 saturated heterocycles. The second-order valence-electron chi connectivity index (χ2n) is 8.70. The number of fused-ring (bicyclic) bond motifs is 1. The van der Waals surface area contributed by atoms with E-state index in [0.29, 0.717) is 41.5 Å². The topological polar surface area (TPSA) is 76.5 Å². The predicted molar refractivity (Wildman–Crippen MR) is 141 cm³/mol. The van der Waals surface area contributed by atoms with E-state index in [-0.39, 0.29) is 11.8 Å². The van der Waals surface area contributed by atoms with E-state index in [2.05, 4.69) is 5.32 Å². The van der Waals surface area contributed by atoms with Gasteiger partial charge in [-0.1, -0.05) is 41.9 Å². The summed E-state index contributed by atoms with van der Waals surface area (Å²) in [6.45, 7) is 2.88. The van der Waals surface area contributed by atoms with Gasteiger partial charge in [-0.2, -0.15) is 5.10 Å². The van der Waals surface area contributed by atoms with Crippen LogP contribution in [0.1, 0.15) is 27.9 Å². The van der Waals surface area contributed by atoms with Crippen LogP contribution in [0.4, 0.5) is 11.5 Å². The van der Waals surface area contributed by atoms with Crippen molar-refractivity contribution in [3.05, 3.63) is 94.5 Å². The average molecular weight is 501 g/mol. The highest BCUT2D eigenvalue weighted by molar-refractivity contribution is 6.30. The zero-order valence-electron chi connectivity index (χ0n) is 20.0. The fraction of sp³-hybridized carbons (Fsp3) is 0.179. The Kier molecular flexibility index (Phi) is 6.48. The summed E-state index contributed by atoms with van der Waals surface area (Å²) in [5.74, 6) is 1.16. The van der Waals surface area contributed by atoms with E-state index in [0.717, 1.165) is 28.2 Å². The van der Waals surface area contributed by atoms with E-state index in [1.807, 2.05) is 72.3 Å². The molecule has 0 saturated carbocycles. The third-order valence-corrected chi connectivity index (χ3v) is 6.43. The number of methoxy groups -OCH3 is 1. The van der Waals surface area contributed by atoms with Crippen molar-refractivity contribution < 1.29 is 14.3 Å². The molecule has 182 valence electrons. The van der Waals surface area contributed by atoms with Crippen LogP contribution < -0.4 is 15.0 Å². The number of anilines is 2. The minimum absolute atomic E-state index is 0.0402. The quantitative estimate of drug-likeness (QED) is 0.368. The van der Waals surface area contributed by atoms with Gasteiger partial charge in [0.25, 0.3) is 5.91 Å². The smallest absolute Gasteiger partial charge is 0.255 e. The molecule has 1 N–H and O–H groups in total. The fourth-order valence-corrected chi connectivity index (χ4v) is 4.37. The van der Waals surface area contributed by atoms with Gasteiger partial charge in [-0.25, -0.2) is 4.68 Å². The maximum absolute atomic E-state index is 12.8. The molecule has 7 nitrogen and oxygen atoms in total. The number of benzene rings is 3. The monoisotopic (exact) mass is 500 g/mol. The summed E-state index contributed by atoms with van der Waals surface area (Å²) >= 11 is 6.01. The van der Waals surface area contributed by atoms with Crippen LogP contribution in [0.3, 0.4) is 0 Å². The largest absolute Gasteiger partial charge is 0.495 e. The van der Waals surface area contributed by atoms with Crippen molar-refractivity contribution in [3.8, 4) is 17.0 Å². The highest BCUT2D eigenvalue weighted by Gasteiger charge is 2.26. The van der Waals surface area contributed by atoms with Crippen LogP contribution in [0.25, 0.3) is 11.3 Å². The fourth-order valence-electron chi connectivity index (χ4n) is 4.24. The van der Waals surface area contributed by atoms with Crippen molar-refractivity contribution in [1.82, 2.24) is 9.78 Å². The third kappa shape index (κ3) is 4.83. The normalized spacial score (nSPS) is 12.9. The summed E-state index contributed by atoms with van der Waals surface area (Å²) < 4.78 is 7.21. The molecule has 4 aromatic rings. The highest BCUT2D eigenvalue weighted by Crippen LogP contribution is 2.30. The number of halogens is 1. The van der Waals surface area contributed by atoms with Gasteiger partial charge in [-0.05, 0) is 54.4 Å². The minimum atomic E-state index is -0.231. The first kappa shape index (κ1) is 23.6. The van der Waals surface area contributed by atoms with E-state index in [9.17, 15) is 9.59 Å². The first-order valence-electron chi connectivity index (χ1n) is 11.6. The number of hydrogen-bond donors (Lipinski definition) is 1. The van der Waals surface area contributed by atoms with Crippen molar-refractivity contribution in [2.75, 3.05) is 17.3 Å². The first-order chi connectivity index (χ1) is 17.4. The number of hydrogen-bond acceptors (Lipinski definition) is 4. The molecule has 1 aliphatic heterocycles. The number of amides is 2. The van der Waals surface area contributed by atoms with Crippen LogP contribution in [-0.4, -0.2) is 28.7 Å². The van der Waals surface area contributed by atoms with Crippen molar-refractivity contribution in [1.29, 1.82) is 0 Å². The Hall–Kier alpha value is -4.10. The summed E-state index contributed by atoms with van der Waals surface area (Å²) in [6.07, 6.45) is 0.382. The van der Waals surface area contributed by atoms with Crippen molar-refractivity contribution in [3.63, 3.8) is 0 Å².